The molecule has 1 aliphatic rings. The van der Waals surface area contributed by atoms with Crippen LogP contribution in [0.4, 0.5) is 0 Å². The lowest BCUT2D eigenvalue weighted by molar-refractivity contribution is 0.234. The summed E-state index contributed by atoms with van der Waals surface area (Å²) >= 11 is 0. The molecule has 1 aromatic heterocycles. The van der Waals surface area contributed by atoms with E-state index in [2.05, 4.69) is 5.32 Å². The lowest BCUT2D eigenvalue weighted by Gasteiger charge is -2.23. The first-order chi connectivity index (χ1) is 9.19. The van der Waals surface area contributed by atoms with Crippen molar-refractivity contribution < 1.29 is 14.3 Å². The van der Waals surface area contributed by atoms with E-state index >= 15 is 0 Å². The van der Waals surface area contributed by atoms with Crippen molar-refractivity contribution in [1.29, 1.82) is 0 Å². The average molecular weight is 263 g/mol. The van der Waals surface area contributed by atoms with Gasteiger partial charge in [0.2, 0.25) is 0 Å². The summed E-state index contributed by atoms with van der Waals surface area (Å²) in [7, 11) is 0. The highest BCUT2D eigenvalue weighted by molar-refractivity contribution is 5.84. The van der Waals surface area contributed by atoms with Crippen molar-refractivity contribution in [3.63, 3.8) is 0 Å². The van der Waals surface area contributed by atoms with Gasteiger partial charge in [-0.25, -0.2) is 4.79 Å². The number of aliphatic hydroxyl groups excluding tert-OH is 1. The van der Waals surface area contributed by atoms with Crippen LogP contribution >= 0.6 is 0 Å². The molecule has 0 bridgehead atoms. The van der Waals surface area contributed by atoms with Crippen LogP contribution in [0.1, 0.15) is 25.5 Å². The van der Waals surface area contributed by atoms with E-state index in [1.165, 1.54) is 0 Å². The summed E-state index contributed by atoms with van der Waals surface area (Å²) < 4.78 is 10.8. The number of aliphatic hydroxyl groups is 1. The van der Waals surface area contributed by atoms with E-state index in [0.29, 0.717) is 23.6 Å². The molecule has 2 heterocycles. The molecule has 102 valence electrons. The summed E-state index contributed by atoms with van der Waals surface area (Å²) in [6, 6.07) is 7.37. The molecule has 1 unspecified atom stereocenters. The van der Waals surface area contributed by atoms with Crippen molar-refractivity contribution in [2.75, 3.05) is 13.3 Å². The molecule has 1 aromatic carbocycles. The fraction of sp³-hybridized carbons (Fsp3) is 0.357. The quantitative estimate of drug-likeness (QED) is 0.709. The number of hydrogen-bond acceptors (Lipinski definition) is 5. The van der Waals surface area contributed by atoms with E-state index in [9.17, 15) is 4.79 Å². The van der Waals surface area contributed by atoms with Crippen molar-refractivity contribution in [2.24, 2.45) is 0 Å². The van der Waals surface area contributed by atoms with Crippen LogP contribution in [0.2, 0.25) is 0 Å². The predicted molar refractivity (Wildman–Crippen MR) is 72.3 cm³/mol. The van der Waals surface area contributed by atoms with Gasteiger partial charge in [-0.3, -0.25) is 5.32 Å². The molecule has 0 aliphatic carbocycles. The second-order valence-electron chi connectivity index (χ2n) is 4.16. The third-order valence-electron chi connectivity index (χ3n) is 2.84. The summed E-state index contributed by atoms with van der Waals surface area (Å²) in [4.78, 5) is 11.8. The van der Waals surface area contributed by atoms with Gasteiger partial charge < -0.3 is 14.3 Å². The Kier molecular flexibility index (Phi) is 4.19. The molecule has 5 heteroatoms. The molecule has 19 heavy (non-hydrogen) atoms. The Morgan fingerprint density at radius 3 is 2.84 bits per heavy atom. The number of hydrogen-bond donors (Lipinski definition) is 2. The summed E-state index contributed by atoms with van der Waals surface area (Å²) in [5.41, 5.74) is 0.818. The summed E-state index contributed by atoms with van der Waals surface area (Å²) in [5.74, 6) is 0.651. The highest BCUT2D eigenvalue weighted by atomic mass is 16.5. The normalized spacial score (nSPS) is 17.1. The summed E-state index contributed by atoms with van der Waals surface area (Å²) in [5, 5.41) is 11.5. The second-order valence-corrected chi connectivity index (χ2v) is 4.16. The Balaban J connectivity index is 0.000000408. The number of fused-ring (bicyclic) bond motifs is 3. The maximum atomic E-state index is 11.8. The van der Waals surface area contributed by atoms with Crippen LogP contribution in [-0.2, 0) is 0 Å². The predicted octanol–water partition coefficient (Wildman–Crippen LogP) is 1.79. The van der Waals surface area contributed by atoms with E-state index in [0.717, 1.165) is 5.39 Å². The highest BCUT2D eigenvalue weighted by Crippen LogP contribution is 2.32. The van der Waals surface area contributed by atoms with E-state index in [4.69, 9.17) is 14.3 Å². The number of ether oxygens (including phenoxy) is 1. The van der Waals surface area contributed by atoms with Crippen molar-refractivity contribution in [3.05, 3.63) is 40.2 Å². The van der Waals surface area contributed by atoms with Crippen molar-refractivity contribution in [1.82, 2.24) is 5.32 Å². The van der Waals surface area contributed by atoms with Crippen LogP contribution in [-0.4, -0.2) is 18.4 Å². The Morgan fingerprint density at radius 2 is 2.11 bits per heavy atom. The fourth-order valence-corrected chi connectivity index (χ4v) is 2.01. The molecule has 0 amide bonds. The van der Waals surface area contributed by atoms with E-state index in [1.807, 2.05) is 25.1 Å². The minimum Gasteiger partial charge on any atom is -0.477 e. The number of rotatable bonds is 0. The Hall–Kier alpha value is -1.85. The van der Waals surface area contributed by atoms with Crippen LogP contribution in [0, 0.1) is 0 Å². The zero-order valence-corrected chi connectivity index (χ0v) is 11.0. The minimum absolute atomic E-state index is 0.0374. The molecule has 5 nitrogen and oxygen atoms in total. The van der Waals surface area contributed by atoms with Crippen LogP contribution in [0.25, 0.3) is 11.0 Å². The molecule has 2 aromatic rings. The first kappa shape index (κ1) is 13.6. The Morgan fingerprint density at radius 1 is 1.42 bits per heavy atom. The van der Waals surface area contributed by atoms with Gasteiger partial charge in [-0.1, -0.05) is 12.1 Å². The average Bonchev–Trinajstić information content (AvgIpc) is 2.40. The first-order valence-electron chi connectivity index (χ1n) is 6.21. The van der Waals surface area contributed by atoms with Crippen LogP contribution in [0.5, 0.6) is 5.75 Å². The minimum atomic E-state index is -0.326. The van der Waals surface area contributed by atoms with Gasteiger partial charge >= 0.3 is 5.63 Å². The largest absolute Gasteiger partial charge is 0.477 e. The van der Waals surface area contributed by atoms with Gasteiger partial charge in [0.05, 0.1) is 10.9 Å². The number of para-hydroxylation sites is 1. The van der Waals surface area contributed by atoms with Crippen LogP contribution < -0.4 is 15.7 Å². The molecule has 0 saturated carbocycles. The highest BCUT2D eigenvalue weighted by Gasteiger charge is 2.24. The Bertz CT molecular complexity index is 620. The van der Waals surface area contributed by atoms with Gasteiger partial charge in [0.1, 0.15) is 18.1 Å². The van der Waals surface area contributed by atoms with Gasteiger partial charge in [-0.05, 0) is 26.0 Å². The van der Waals surface area contributed by atoms with Crippen LogP contribution in [0.3, 0.4) is 0 Å². The van der Waals surface area contributed by atoms with Crippen molar-refractivity contribution in [2.45, 2.75) is 19.9 Å². The molecule has 2 N–H and O–H groups in total. The topological polar surface area (TPSA) is 71.7 Å². The smallest absolute Gasteiger partial charge is 0.344 e. The maximum Gasteiger partial charge on any atom is 0.344 e. The molecule has 3 rings (SSSR count). The number of benzene rings is 1. The van der Waals surface area contributed by atoms with Crippen molar-refractivity contribution in [3.8, 4) is 5.75 Å². The lowest BCUT2D eigenvalue weighted by Crippen LogP contribution is -2.33. The first-order valence-corrected chi connectivity index (χ1v) is 6.21. The Labute approximate surface area is 110 Å². The zero-order valence-electron chi connectivity index (χ0n) is 11.0. The zero-order chi connectivity index (χ0) is 13.8. The van der Waals surface area contributed by atoms with Gasteiger partial charge in [0.15, 0.2) is 0 Å². The monoisotopic (exact) mass is 263 g/mol. The molecule has 0 radical (unpaired) electrons. The third-order valence-corrected chi connectivity index (χ3v) is 2.84. The molecular formula is C14H17NO4. The molecule has 0 spiro atoms. The summed E-state index contributed by atoms with van der Waals surface area (Å²) in [6.45, 7) is 4.27. The SMILES string of the molecule is CC1NCOc2c1c(=O)oc1ccccc21.CCO. The van der Waals surface area contributed by atoms with Crippen LogP contribution in [0.15, 0.2) is 33.5 Å². The van der Waals surface area contributed by atoms with E-state index in [1.54, 1.807) is 13.0 Å². The maximum absolute atomic E-state index is 11.8. The lowest BCUT2D eigenvalue weighted by atomic mass is 10.1. The summed E-state index contributed by atoms with van der Waals surface area (Å²) in [6.07, 6.45) is 0. The fourth-order valence-electron chi connectivity index (χ4n) is 2.01. The molecule has 0 fully saturated rings. The van der Waals surface area contributed by atoms with Gasteiger partial charge in [-0.15, -0.1) is 0 Å². The molecule has 1 atom stereocenters. The van der Waals surface area contributed by atoms with Gasteiger partial charge in [0.25, 0.3) is 0 Å². The second kappa shape index (κ2) is 5.86. The molecular weight excluding hydrogens is 246 g/mol. The van der Waals surface area contributed by atoms with E-state index in [-0.39, 0.29) is 18.3 Å². The van der Waals surface area contributed by atoms with Gasteiger partial charge in [-0.2, -0.15) is 0 Å². The third kappa shape index (κ3) is 2.62. The van der Waals surface area contributed by atoms with Crippen molar-refractivity contribution >= 4 is 11.0 Å². The number of nitrogens with one attached hydrogen (secondary N) is 1. The van der Waals surface area contributed by atoms with E-state index < -0.39 is 0 Å². The standard InChI is InChI=1S/C12H11NO3.C2H6O/c1-7-10-11(15-6-13-7)8-4-2-3-5-9(8)16-12(10)14;1-2-3/h2-5,7,13H,6H2,1H3;3H,2H2,1H3. The molecule has 0 saturated heterocycles. The van der Waals surface area contributed by atoms with Gasteiger partial charge in [0, 0.05) is 12.6 Å². The molecule has 1 aliphatic heterocycles.